The van der Waals surface area contributed by atoms with Crippen molar-refractivity contribution in [2.75, 3.05) is 32.6 Å². The maximum Gasteiger partial charge on any atom is 0.337 e. The summed E-state index contributed by atoms with van der Waals surface area (Å²) in [4.78, 5) is 43.6. The van der Waals surface area contributed by atoms with Crippen LogP contribution in [-0.4, -0.2) is 55.8 Å². The predicted octanol–water partition coefficient (Wildman–Crippen LogP) is 4.32. The minimum absolute atomic E-state index is 0.208. The van der Waals surface area contributed by atoms with Crippen LogP contribution in [0.2, 0.25) is 0 Å². The first-order valence-corrected chi connectivity index (χ1v) is 12.0. The van der Waals surface area contributed by atoms with Gasteiger partial charge in [-0.05, 0) is 54.9 Å². The van der Waals surface area contributed by atoms with E-state index in [1.54, 1.807) is 25.1 Å². The van der Waals surface area contributed by atoms with Crippen LogP contribution in [-0.2, 0) is 25.6 Å². The van der Waals surface area contributed by atoms with Gasteiger partial charge in [0.25, 0.3) is 0 Å². The summed E-state index contributed by atoms with van der Waals surface area (Å²) in [5.74, 6) is -1.57. The first kappa shape index (κ1) is 25.8. The second-order valence-corrected chi connectivity index (χ2v) is 8.72. The fraction of sp³-hybridized carbons (Fsp3) is 0.241. The Bertz CT molecular complexity index is 1320. The Balaban J connectivity index is 1.63. The van der Waals surface area contributed by atoms with Gasteiger partial charge in [0.15, 0.2) is 0 Å². The molecule has 1 unspecified atom stereocenters. The van der Waals surface area contributed by atoms with E-state index in [1.807, 2.05) is 66.5 Å². The fourth-order valence-electron chi connectivity index (χ4n) is 4.29. The van der Waals surface area contributed by atoms with Crippen LogP contribution in [0.25, 0.3) is 0 Å². The molecule has 0 spiro atoms. The van der Waals surface area contributed by atoms with Gasteiger partial charge in [-0.25, -0.2) is 4.79 Å². The molecule has 3 aromatic rings. The van der Waals surface area contributed by atoms with Gasteiger partial charge in [0.05, 0.1) is 37.2 Å². The summed E-state index contributed by atoms with van der Waals surface area (Å²) in [5.41, 5.74) is 4.83. The lowest BCUT2D eigenvalue weighted by molar-refractivity contribution is -0.144. The molecule has 0 fully saturated rings. The van der Waals surface area contributed by atoms with Crippen LogP contribution in [0.15, 0.2) is 77.8 Å². The zero-order valence-corrected chi connectivity index (χ0v) is 21.1. The highest BCUT2D eigenvalue weighted by Crippen LogP contribution is 2.37. The largest absolute Gasteiger partial charge is 0.465 e. The molecule has 4 rings (SSSR count). The van der Waals surface area contributed by atoms with Crippen LogP contribution >= 0.6 is 0 Å². The molecule has 3 aromatic carbocycles. The minimum atomic E-state index is -0.639. The Hall–Kier alpha value is -4.30. The van der Waals surface area contributed by atoms with Gasteiger partial charge in [0.1, 0.15) is 5.92 Å². The SMILES string of the molecule is CCOC(=O)CN(C)Cc1ccc(N=C(c2ccccc2)C2C(=O)Nc3cc(C(=O)OC)ccc32)cc1. The number of anilines is 1. The zero-order valence-electron chi connectivity index (χ0n) is 21.1. The Morgan fingerprint density at radius 2 is 1.73 bits per heavy atom. The summed E-state index contributed by atoms with van der Waals surface area (Å²) < 4.78 is 9.82. The number of ether oxygens (including phenoxy) is 2. The lowest BCUT2D eigenvalue weighted by Gasteiger charge is -2.16. The predicted molar refractivity (Wildman–Crippen MR) is 141 cm³/mol. The molecule has 1 atom stereocenters. The van der Waals surface area contributed by atoms with Gasteiger partial charge in [-0.3, -0.25) is 19.5 Å². The summed E-state index contributed by atoms with van der Waals surface area (Å²) in [6.07, 6.45) is 0. The van der Waals surface area contributed by atoms with Crippen molar-refractivity contribution in [1.29, 1.82) is 0 Å². The van der Waals surface area contributed by atoms with Crippen molar-refractivity contribution in [3.05, 3.63) is 95.1 Å². The van der Waals surface area contributed by atoms with Crippen molar-refractivity contribution in [2.45, 2.75) is 19.4 Å². The van der Waals surface area contributed by atoms with Crippen LogP contribution in [0.4, 0.5) is 11.4 Å². The van der Waals surface area contributed by atoms with E-state index in [2.05, 4.69) is 5.32 Å². The van der Waals surface area contributed by atoms with Crippen LogP contribution < -0.4 is 5.32 Å². The van der Waals surface area contributed by atoms with Crippen molar-refractivity contribution >= 4 is 34.9 Å². The second kappa shape index (κ2) is 11.6. The van der Waals surface area contributed by atoms with Crippen molar-refractivity contribution in [2.24, 2.45) is 4.99 Å². The normalized spacial score (nSPS) is 14.8. The number of aliphatic imine (C=N–C) groups is 1. The third kappa shape index (κ3) is 6.10. The number of fused-ring (bicyclic) bond motifs is 1. The van der Waals surface area contributed by atoms with E-state index in [0.29, 0.717) is 35.8 Å². The number of hydrogen-bond acceptors (Lipinski definition) is 7. The molecule has 0 radical (unpaired) electrons. The lowest BCUT2D eigenvalue weighted by Crippen LogP contribution is -2.26. The van der Waals surface area contributed by atoms with Crippen LogP contribution in [0.5, 0.6) is 0 Å². The highest BCUT2D eigenvalue weighted by atomic mass is 16.5. The number of amides is 1. The number of esters is 2. The molecule has 0 aliphatic carbocycles. The van der Waals surface area contributed by atoms with Gasteiger partial charge >= 0.3 is 11.9 Å². The van der Waals surface area contributed by atoms with Gasteiger partial charge < -0.3 is 14.8 Å². The van der Waals surface area contributed by atoms with E-state index in [0.717, 1.165) is 16.7 Å². The van der Waals surface area contributed by atoms with Crippen molar-refractivity contribution in [1.82, 2.24) is 4.90 Å². The molecule has 8 nitrogen and oxygen atoms in total. The molecule has 0 bridgehead atoms. The molecule has 37 heavy (non-hydrogen) atoms. The summed E-state index contributed by atoms with van der Waals surface area (Å²) in [7, 11) is 3.18. The van der Waals surface area contributed by atoms with E-state index >= 15 is 0 Å². The smallest absolute Gasteiger partial charge is 0.337 e. The van der Waals surface area contributed by atoms with Gasteiger partial charge in [-0.15, -0.1) is 0 Å². The molecule has 190 valence electrons. The van der Waals surface area contributed by atoms with E-state index in [1.165, 1.54) is 7.11 Å². The number of nitrogens with zero attached hydrogens (tertiary/aromatic N) is 2. The molecule has 1 aliphatic rings. The van der Waals surface area contributed by atoms with Gasteiger partial charge in [0, 0.05) is 12.2 Å². The molecule has 0 saturated heterocycles. The number of carbonyl (C=O) groups is 3. The Morgan fingerprint density at radius 1 is 1.00 bits per heavy atom. The number of benzene rings is 3. The summed E-state index contributed by atoms with van der Waals surface area (Å²) in [5, 5.41) is 2.89. The Labute approximate surface area is 215 Å². The van der Waals surface area contributed by atoms with E-state index in [4.69, 9.17) is 14.5 Å². The Morgan fingerprint density at radius 3 is 2.41 bits per heavy atom. The maximum atomic E-state index is 13.1. The first-order chi connectivity index (χ1) is 17.9. The number of carbonyl (C=O) groups excluding carboxylic acids is 3. The average molecular weight is 500 g/mol. The highest BCUT2D eigenvalue weighted by Gasteiger charge is 2.36. The quantitative estimate of drug-likeness (QED) is 0.348. The second-order valence-electron chi connectivity index (χ2n) is 8.72. The van der Waals surface area contributed by atoms with Crippen molar-refractivity contribution < 1.29 is 23.9 Å². The van der Waals surface area contributed by atoms with Crippen LogP contribution in [0.3, 0.4) is 0 Å². The van der Waals surface area contributed by atoms with Crippen molar-refractivity contribution in [3.8, 4) is 0 Å². The topological polar surface area (TPSA) is 97.3 Å². The summed E-state index contributed by atoms with van der Waals surface area (Å²) in [6.45, 7) is 2.93. The Kier molecular flexibility index (Phi) is 8.10. The monoisotopic (exact) mass is 499 g/mol. The molecule has 8 heteroatoms. The van der Waals surface area contributed by atoms with Crippen LogP contribution in [0, 0.1) is 0 Å². The standard InChI is InChI=1S/C29H29N3O5/c1-4-37-25(33)18-32(2)17-19-10-13-22(14-11-19)30-27(20-8-6-5-7-9-20)26-23-15-12-21(29(35)36-3)16-24(23)31-28(26)34/h5-16,26H,4,17-18H2,1-3H3,(H,31,34). The summed E-state index contributed by atoms with van der Waals surface area (Å²) in [6, 6.07) is 22.3. The lowest BCUT2D eigenvalue weighted by atomic mass is 9.90. The molecule has 1 heterocycles. The van der Waals surface area contributed by atoms with Gasteiger partial charge in [0.2, 0.25) is 5.91 Å². The highest BCUT2D eigenvalue weighted by molar-refractivity contribution is 6.24. The third-order valence-electron chi connectivity index (χ3n) is 5.99. The van der Waals surface area contributed by atoms with Gasteiger partial charge in [-0.1, -0.05) is 48.5 Å². The molecule has 0 saturated carbocycles. The maximum absolute atomic E-state index is 13.1. The number of methoxy groups -OCH3 is 1. The fourth-order valence-corrected chi connectivity index (χ4v) is 4.29. The van der Waals surface area contributed by atoms with E-state index in [9.17, 15) is 14.4 Å². The molecule has 0 aromatic heterocycles. The van der Waals surface area contributed by atoms with Crippen LogP contribution in [0.1, 0.15) is 39.9 Å². The molecular weight excluding hydrogens is 470 g/mol. The summed E-state index contributed by atoms with van der Waals surface area (Å²) >= 11 is 0. The number of rotatable bonds is 9. The van der Waals surface area contributed by atoms with E-state index < -0.39 is 11.9 Å². The van der Waals surface area contributed by atoms with Gasteiger partial charge in [-0.2, -0.15) is 0 Å². The third-order valence-corrected chi connectivity index (χ3v) is 5.99. The zero-order chi connectivity index (χ0) is 26.4. The van der Waals surface area contributed by atoms with E-state index in [-0.39, 0.29) is 18.4 Å². The molecule has 1 aliphatic heterocycles. The minimum Gasteiger partial charge on any atom is -0.465 e. The number of likely N-dealkylation sites (N-methyl/N-ethyl adjacent to an activating group) is 1. The first-order valence-electron chi connectivity index (χ1n) is 12.0. The average Bonchev–Trinajstić information content (AvgIpc) is 3.22. The molecule has 1 N–H and O–H groups in total. The number of hydrogen-bond donors (Lipinski definition) is 1. The number of nitrogens with one attached hydrogen (secondary N) is 1. The molecular formula is C29H29N3O5. The molecule has 1 amide bonds. The van der Waals surface area contributed by atoms with Crippen molar-refractivity contribution in [3.63, 3.8) is 0 Å².